The summed E-state index contributed by atoms with van der Waals surface area (Å²) in [6.45, 7) is 0. The van der Waals surface area contributed by atoms with Crippen LogP contribution in [-0.2, 0) is 0 Å². The van der Waals surface area contributed by atoms with Crippen LogP contribution in [0.4, 0.5) is 4.79 Å². The molecular weight excluding hydrogens is 166 g/mol. The summed E-state index contributed by atoms with van der Waals surface area (Å²) in [7, 11) is 0. The van der Waals surface area contributed by atoms with E-state index in [1.165, 1.54) is 0 Å². The van der Waals surface area contributed by atoms with E-state index in [4.69, 9.17) is 4.74 Å². The van der Waals surface area contributed by atoms with Gasteiger partial charge in [-0.25, -0.2) is 4.79 Å². The molecule has 1 aliphatic rings. The van der Waals surface area contributed by atoms with Gasteiger partial charge in [-0.05, 0) is 18.9 Å². The third-order valence-corrected chi connectivity index (χ3v) is 1.78. The normalized spacial score (nSPS) is 15.1. The highest BCUT2D eigenvalue weighted by Gasteiger charge is 2.23. The minimum atomic E-state index is -0.384. The van der Waals surface area contributed by atoms with E-state index in [9.17, 15) is 4.79 Å². The zero-order valence-corrected chi connectivity index (χ0v) is 7.12. The summed E-state index contributed by atoms with van der Waals surface area (Å²) in [5, 5.41) is 2.72. The Kier molecular flexibility index (Phi) is 2.17. The Hall–Kier alpha value is -1.51. The van der Waals surface area contributed by atoms with Crippen LogP contribution in [0.2, 0.25) is 0 Å². The average molecular weight is 176 g/mol. The highest BCUT2D eigenvalue weighted by Crippen LogP contribution is 2.19. The number of benzene rings is 1. The van der Waals surface area contributed by atoms with Gasteiger partial charge in [0.1, 0.15) is 5.75 Å². The fraction of sp³-hybridized carbons (Fsp3) is 0.300. The molecule has 2 rings (SSSR count). The van der Waals surface area contributed by atoms with Crippen molar-refractivity contribution >= 4 is 6.09 Å². The largest absolute Gasteiger partial charge is 0.412 e. The van der Waals surface area contributed by atoms with Crippen LogP contribution in [0.1, 0.15) is 12.8 Å². The zero-order valence-electron chi connectivity index (χ0n) is 7.12. The number of carbonyl (C=O) groups excluding carboxylic acids is 1. The predicted octanol–water partition coefficient (Wildman–Crippen LogP) is 1.74. The Morgan fingerprint density at radius 1 is 1.54 bits per heavy atom. The molecule has 13 heavy (non-hydrogen) atoms. The molecule has 0 atom stereocenters. The molecule has 1 fully saturated rings. The van der Waals surface area contributed by atoms with Crippen molar-refractivity contribution in [2.75, 3.05) is 0 Å². The van der Waals surface area contributed by atoms with Crippen LogP contribution in [0.15, 0.2) is 24.3 Å². The summed E-state index contributed by atoms with van der Waals surface area (Å²) in [6, 6.07) is 10.2. The Morgan fingerprint density at radius 3 is 3.00 bits per heavy atom. The molecule has 1 aliphatic carbocycles. The molecule has 67 valence electrons. The van der Waals surface area contributed by atoms with E-state index in [-0.39, 0.29) is 6.09 Å². The van der Waals surface area contributed by atoms with Gasteiger partial charge in [-0.2, -0.15) is 0 Å². The van der Waals surface area contributed by atoms with Crippen molar-refractivity contribution in [2.24, 2.45) is 0 Å². The molecule has 1 saturated carbocycles. The molecule has 0 bridgehead atoms. The van der Waals surface area contributed by atoms with Gasteiger partial charge in [0.05, 0.1) is 0 Å². The standard InChI is InChI=1S/C10H10NO2/c12-10(11-8-6-7-8)13-9-4-2-1-3-5-9/h1-4,8H,6-7H2,(H,11,12). The summed E-state index contributed by atoms with van der Waals surface area (Å²) in [4.78, 5) is 11.1. The van der Waals surface area contributed by atoms with Crippen molar-refractivity contribution in [3.05, 3.63) is 30.3 Å². The highest BCUT2D eigenvalue weighted by atomic mass is 16.6. The highest BCUT2D eigenvalue weighted by molar-refractivity contribution is 5.70. The second-order valence-corrected chi connectivity index (χ2v) is 3.03. The average Bonchev–Trinajstić information content (AvgIpc) is 2.90. The Labute approximate surface area is 76.7 Å². The van der Waals surface area contributed by atoms with Crippen molar-refractivity contribution < 1.29 is 9.53 Å². The van der Waals surface area contributed by atoms with Gasteiger partial charge in [-0.1, -0.05) is 18.2 Å². The van der Waals surface area contributed by atoms with Crippen LogP contribution in [0.5, 0.6) is 5.75 Å². The molecule has 1 aromatic rings. The SMILES string of the molecule is O=C(NC1CC1)Oc1[c]cccc1. The van der Waals surface area contributed by atoms with Gasteiger partial charge in [-0.15, -0.1) is 0 Å². The molecular formula is C10H10NO2. The van der Waals surface area contributed by atoms with Crippen LogP contribution >= 0.6 is 0 Å². The van der Waals surface area contributed by atoms with Gasteiger partial charge in [0, 0.05) is 12.1 Å². The van der Waals surface area contributed by atoms with E-state index in [2.05, 4.69) is 11.4 Å². The molecule has 1 aromatic carbocycles. The van der Waals surface area contributed by atoms with Gasteiger partial charge in [-0.3, -0.25) is 0 Å². The molecule has 0 aliphatic heterocycles. The molecule has 3 nitrogen and oxygen atoms in total. The first kappa shape index (κ1) is 8.10. The number of hydrogen-bond donors (Lipinski definition) is 1. The van der Waals surface area contributed by atoms with Crippen LogP contribution in [0, 0.1) is 6.07 Å². The summed E-state index contributed by atoms with van der Waals surface area (Å²) in [5.41, 5.74) is 0. The minimum absolute atomic E-state index is 0.330. The van der Waals surface area contributed by atoms with Crippen LogP contribution in [0.3, 0.4) is 0 Å². The molecule has 0 aromatic heterocycles. The predicted molar refractivity (Wildman–Crippen MR) is 47.5 cm³/mol. The molecule has 0 heterocycles. The van der Waals surface area contributed by atoms with E-state index < -0.39 is 0 Å². The number of amides is 1. The van der Waals surface area contributed by atoms with Crippen molar-refractivity contribution in [1.82, 2.24) is 5.32 Å². The third kappa shape index (κ3) is 2.47. The lowest BCUT2D eigenvalue weighted by Gasteiger charge is -2.03. The Morgan fingerprint density at radius 2 is 2.38 bits per heavy atom. The van der Waals surface area contributed by atoms with Gasteiger partial charge < -0.3 is 10.1 Å². The first-order chi connectivity index (χ1) is 6.34. The Bertz CT molecular complexity index is 293. The lowest BCUT2D eigenvalue weighted by molar-refractivity contribution is 0.200. The van der Waals surface area contributed by atoms with E-state index >= 15 is 0 Å². The smallest absolute Gasteiger partial charge is 0.410 e. The molecule has 0 saturated heterocycles. The number of ether oxygens (including phenoxy) is 1. The monoisotopic (exact) mass is 176 g/mol. The number of rotatable bonds is 2. The first-order valence-corrected chi connectivity index (χ1v) is 4.29. The van der Waals surface area contributed by atoms with Crippen LogP contribution in [0.25, 0.3) is 0 Å². The molecule has 1 amide bonds. The maximum Gasteiger partial charge on any atom is 0.412 e. The third-order valence-electron chi connectivity index (χ3n) is 1.78. The second kappa shape index (κ2) is 3.47. The lowest BCUT2D eigenvalue weighted by atomic mass is 10.3. The van der Waals surface area contributed by atoms with Crippen molar-refractivity contribution in [3.8, 4) is 5.75 Å². The van der Waals surface area contributed by atoms with Gasteiger partial charge in [0.15, 0.2) is 0 Å². The Balaban J connectivity index is 1.86. The molecule has 1 N–H and O–H groups in total. The van der Waals surface area contributed by atoms with Crippen molar-refractivity contribution in [2.45, 2.75) is 18.9 Å². The lowest BCUT2D eigenvalue weighted by Crippen LogP contribution is -2.28. The maximum absolute atomic E-state index is 11.1. The number of nitrogens with one attached hydrogen (secondary N) is 1. The summed E-state index contributed by atoms with van der Waals surface area (Å²) in [6.07, 6.45) is 1.74. The van der Waals surface area contributed by atoms with Crippen LogP contribution in [-0.4, -0.2) is 12.1 Å². The summed E-state index contributed by atoms with van der Waals surface area (Å²) in [5.74, 6) is 0.459. The second-order valence-electron chi connectivity index (χ2n) is 3.03. The van der Waals surface area contributed by atoms with E-state index in [1.54, 1.807) is 18.2 Å². The van der Waals surface area contributed by atoms with E-state index in [0.29, 0.717) is 11.8 Å². The maximum atomic E-state index is 11.1. The minimum Gasteiger partial charge on any atom is -0.410 e. The first-order valence-electron chi connectivity index (χ1n) is 4.29. The van der Waals surface area contributed by atoms with Crippen molar-refractivity contribution in [3.63, 3.8) is 0 Å². The fourth-order valence-corrected chi connectivity index (χ4v) is 0.964. The molecule has 0 unspecified atom stereocenters. The molecule has 1 radical (unpaired) electrons. The number of hydrogen-bond acceptors (Lipinski definition) is 2. The summed E-state index contributed by atoms with van der Waals surface area (Å²) < 4.78 is 4.96. The van der Waals surface area contributed by atoms with E-state index in [1.807, 2.05) is 6.07 Å². The fourth-order valence-electron chi connectivity index (χ4n) is 0.964. The van der Waals surface area contributed by atoms with Crippen LogP contribution < -0.4 is 10.1 Å². The zero-order chi connectivity index (χ0) is 9.10. The number of para-hydroxylation sites is 1. The number of carbonyl (C=O) groups is 1. The quantitative estimate of drug-likeness (QED) is 0.745. The van der Waals surface area contributed by atoms with Gasteiger partial charge >= 0.3 is 6.09 Å². The summed E-state index contributed by atoms with van der Waals surface area (Å²) >= 11 is 0. The molecule has 3 heteroatoms. The molecule has 0 spiro atoms. The topological polar surface area (TPSA) is 38.3 Å². The van der Waals surface area contributed by atoms with Crippen molar-refractivity contribution in [1.29, 1.82) is 0 Å². The van der Waals surface area contributed by atoms with E-state index in [0.717, 1.165) is 12.8 Å². The van der Waals surface area contributed by atoms with Gasteiger partial charge in [0.2, 0.25) is 0 Å². The van der Waals surface area contributed by atoms with Gasteiger partial charge in [0.25, 0.3) is 0 Å².